The Hall–Kier alpha value is -3.09. The van der Waals surface area contributed by atoms with Gasteiger partial charge < -0.3 is 15.1 Å². The number of hydrogen-bond acceptors (Lipinski definition) is 4. The quantitative estimate of drug-likeness (QED) is 0.685. The van der Waals surface area contributed by atoms with Crippen molar-refractivity contribution >= 4 is 28.4 Å². The maximum absolute atomic E-state index is 12.1. The molecule has 0 spiro atoms. The lowest BCUT2D eigenvalue weighted by molar-refractivity contribution is -0.117. The van der Waals surface area contributed by atoms with E-state index in [0.29, 0.717) is 11.3 Å². The molecule has 0 aliphatic carbocycles. The molecule has 2 amide bonds. The smallest absolute Gasteiger partial charge is 0.255 e. The summed E-state index contributed by atoms with van der Waals surface area (Å²) >= 11 is 0. The third kappa shape index (κ3) is 2.83. The molecule has 0 aliphatic heterocycles. The molecule has 2 aromatic heterocycles. The van der Waals surface area contributed by atoms with Gasteiger partial charge in [0.25, 0.3) is 5.91 Å². The summed E-state index contributed by atoms with van der Waals surface area (Å²) in [6.45, 7) is 1.61. The summed E-state index contributed by atoms with van der Waals surface area (Å²) in [5.41, 5.74) is 1.83. The van der Waals surface area contributed by atoms with Gasteiger partial charge in [-0.1, -0.05) is 0 Å². The summed E-state index contributed by atoms with van der Waals surface area (Å²) in [7, 11) is 0. The number of aromatic nitrogens is 2. The number of nitrogens with one attached hydrogen (secondary N) is 3. The van der Waals surface area contributed by atoms with Gasteiger partial charge in [-0.2, -0.15) is 5.10 Å². The van der Waals surface area contributed by atoms with Crippen LogP contribution in [0.5, 0.6) is 0 Å². The molecule has 0 unspecified atom stereocenters. The van der Waals surface area contributed by atoms with Gasteiger partial charge in [-0.3, -0.25) is 14.7 Å². The molecule has 0 radical (unpaired) electrons. The Kier molecular flexibility index (Phi) is 3.61. The molecule has 0 saturated heterocycles. The fourth-order valence-corrected chi connectivity index (χ4v) is 2.00. The summed E-state index contributed by atoms with van der Waals surface area (Å²) in [6.07, 6.45) is 4.43. The monoisotopic (exact) mass is 298 g/mol. The number of furan rings is 1. The van der Waals surface area contributed by atoms with E-state index in [1.54, 1.807) is 25.3 Å². The lowest BCUT2D eigenvalue weighted by Crippen LogP contribution is -2.41. The highest BCUT2D eigenvalue weighted by molar-refractivity contribution is 6.01. The Morgan fingerprint density at radius 3 is 2.95 bits per heavy atom. The van der Waals surface area contributed by atoms with Crippen molar-refractivity contribution in [3.8, 4) is 0 Å². The molecule has 0 bridgehead atoms. The minimum absolute atomic E-state index is 0.310. The largest absolute Gasteiger partial charge is 0.472 e. The maximum Gasteiger partial charge on any atom is 0.255 e. The third-order valence-corrected chi connectivity index (χ3v) is 3.23. The van der Waals surface area contributed by atoms with E-state index in [1.165, 1.54) is 18.6 Å². The van der Waals surface area contributed by atoms with E-state index in [-0.39, 0.29) is 11.8 Å². The van der Waals surface area contributed by atoms with Gasteiger partial charge in [0.05, 0.1) is 23.5 Å². The highest BCUT2D eigenvalue weighted by atomic mass is 16.3. The second-order valence-corrected chi connectivity index (χ2v) is 4.87. The van der Waals surface area contributed by atoms with Crippen LogP contribution in [0.3, 0.4) is 0 Å². The first-order valence-electron chi connectivity index (χ1n) is 6.70. The Morgan fingerprint density at radius 2 is 2.18 bits per heavy atom. The average Bonchev–Trinajstić information content (AvgIpc) is 3.18. The summed E-state index contributed by atoms with van der Waals surface area (Å²) in [5, 5.41) is 13.1. The van der Waals surface area contributed by atoms with Crippen LogP contribution in [0.1, 0.15) is 17.3 Å². The van der Waals surface area contributed by atoms with Crippen molar-refractivity contribution in [1.29, 1.82) is 0 Å². The molecule has 2 heterocycles. The first kappa shape index (κ1) is 13.9. The molecular weight excluding hydrogens is 284 g/mol. The molecule has 3 N–H and O–H groups in total. The molecule has 0 fully saturated rings. The van der Waals surface area contributed by atoms with Gasteiger partial charge in [0.1, 0.15) is 12.3 Å². The average molecular weight is 298 g/mol. The van der Waals surface area contributed by atoms with Crippen molar-refractivity contribution in [2.45, 2.75) is 13.0 Å². The molecule has 1 aromatic carbocycles. The van der Waals surface area contributed by atoms with Crippen molar-refractivity contribution in [1.82, 2.24) is 15.5 Å². The topological polar surface area (TPSA) is 100 Å². The Labute approximate surface area is 125 Å². The molecule has 1 atom stereocenters. The number of carbonyl (C=O) groups excluding carboxylic acids is 2. The van der Waals surface area contributed by atoms with Crippen LogP contribution in [-0.2, 0) is 4.79 Å². The van der Waals surface area contributed by atoms with E-state index in [9.17, 15) is 9.59 Å². The van der Waals surface area contributed by atoms with Crippen molar-refractivity contribution in [3.63, 3.8) is 0 Å². The number of fused-ring (bicyclic) bond motifs is 1. The highest BCUT2D eigenvalue weighted by Crippen LogP contribution is 2.16. The minimum atomic E-state index is -0.681. The molecule has 0 aliphatic rings. The fourth-order valence-electron chi connectivity index (χ4n) is 2.00. The predicted molar refractivity (Wildman–Crippen MR) is 80.4 cm³/mol. The Balaban J connectivity index is 1.64. The van der Waals surface area contributed by atoms with E-state index >= 15 is 0 Å². The molecule has 112 valence electrons. The predicted octanol–water partition coefficient (Wildman–Crippen LogP) is 1.91. The van der Waals surface area contributed by atoms with Crippen LogP contribution in [0, 0.1) is 0 Å². The fraction of sp³-hybridized carbons (Fsp3) is 0.133. The molecular formula is C15H14N4O3. The number of benzene rings is 1. The zero-order valence-electron chi connectivity index (χ0n) is 11.8. The SMILES string of the molecule is C[C@H](NC(=O)c1ccoc1)C(=O)Nc1ccc2cn[nH]c2c1. The summed E-state index contributed by atoms with van der Waals surface area (Å²) in [4.78, 5) is 24.0. The van der Waals surface area contributed by atoms with Crippen LogP contribution in [0.25, 0.3) is 10.9 Å². The van der Waals surface area contributed by atoms with Crippen LogP contribution < -0.4 is 10.6 Å². The number of amides is 2. The lowest BCUT2D eigenvalue weighted by atomic mass is 10.2. The lowest BCUT2D eigenvalue weighted by Gasteiger charge is -2.13. The van der Waals surface area contributed by atoms with Gasteiger partial charge in [0.2, 0.25) is 5.91 Å². The van der Waals surface area contributed by atoms with Crippen LogP contribution in [0.4, 0.5) is 5.69 Å². The van der Waals surface area contributed by atoms with Crippen molar-refractivity contribution in [2.75, 3.05) is 5.32 Å². The first-order chi connectivity index (χ1) is 10.6. The van der Waals surface area contributed by atoms with Crippen LogP contribution in [0.15, 0.2) is 47.4 Å². The molecule has 22 heavy (non-hydrogen) atoms. The molecule has 3 rings (SSSR count). The van der Waals surface area contributed by atoms with Crippen LogP contribution in [0.2, 0.25) is 0 Å². The summed E-state index contributed by atoms with van der Waals surface area (Å²) in [5.74, 6) is -0.670. The van der Waals surface area contributed by atoms with Crippen LogP contribution in [-0.4, -0.2) is 28.1 Å². The van der Waals surface area contributed by atoms with Crippen molar-refractivity contribution in [2.24, 2.45) is 0 Å². The van der Waals surface area contributed by atoms with Gasteiger partial charge in [-0.05, 0) is 31.2 Å². The molecule has 7 heteroatoms. The van der Waals surface area contributed by atoms with Crippen molar-refractivity contribution in [3.05, 3.63) is 48.6 Å². The number of rotatable bonds is 4. The standard InChI is InChI=1S/C15H14N4O3/c1-9(17-15(21)11-4-5-22-8-11)14(20)18-12-3-2-10-7-16-19-13(10)6-12/h2-9H,1H3,(H,16,19)(H,17,21)(H,18,20)/t9-/m0/s1. The number of aromatic amines is 1. The second-order valence-electron chi connectivity index (χ2n) is 4.87. The number of hydrogen-bond donors (Lipinski definition) is 3. The molecule has 0 saturated carbocycles. The third-order valence-electron chi connectivity index (χ3n) is 3.23. The van der Waals surface area contributed by atoms with Gasteiger partial charge in [0, 0.05) is 11.1 Å². The Bertz CT molecular complexity index is 807. The zero-order valence-corrected chi connectivity index (χ0v) is 11.8. The van der Waals surface area contributed by atoms with E-state index in [4.69, 9.17) is 4.42 Å². The highest BCUT2D eigenvalue weighted by Gasteiger charge is 2.17. The van der Waals surface area contributed by atoms with Crippen molar-refractivity contribution < 1.29 is 14.0 Å². The summed E-state index contributed by atoms with van der Waals surface area (Å²) < 4.78 is 4.84. The zero-order chi connectivity index (χ0) is 15.5. The molecule has 7 nitrogen and oxygen atoms in total. The first-order valence-corrected chi connectivity index (χ1v) is 6.70. The number of carbonyl (C=O) groups is 2. The second kappa shape index (κ2) is 5.72. The minimum Gasteiger partial charge on any atom is -0.472 e. The van der Waals surface area contributed by atoms with Gasteiger partial charge >= 0.3 is 0 Å². The Morgan fingerprint density at radius 1 is 1.32 bits per heavy atom. The van der Waals surface area contributed by atoms with Crippen LogP contribution >= 0.6 is 0 Å². The summed E-state index contributed by atoms with van der Waals surface area (Å²) in [6, 6.07) is 6.26. The number of anilines is 1. The molecule has 3 aromatic rings. The number of nitrogens with zero attached hydrogens (tertiary/aromatic N) is 1. The number of H-pyrrole nitrogens is 1. The normalized spacial score (nSPS) is 12.0. The van der Waals surface area contributed by atoms with Gasteiger partial charge in [-0.25, -0.2) is 0 Å². The maximum atomic E-state index is 12.1. The van der Waals surface area contributed by atoms with E-state index < -0.39 is 6.04 Å². The van der Waals surface area contributed by atoms with E-state index in [0.717, 1.165) is 10.9 Å². The van der Waals surface area contributed by atoms with E-state index in [2.05, 4.69) is 20.8 Å². The van der Waals surface area contributed by atoms with Gasteiger partial charge in [-0.15, -0.1) is 0 Å². The van der Waals surface area contributed by atoms with Gasteiger partial charge in [0.15, 0.2) is 0 Å². The van der Waals surface area contributed by atoms with E-state index in [1.807, 2.05) is 6.07 Å².